The molecule has 0 radical (unpaired) electrons. The molecule has 0 unspecified atom stereocenters. The Balaban J connectivity index is 1.15. The molecule has 0 amide bonds. The average Bonchev–Trinajstić information content (AvgIpc) is 3.67. The third kappa shape index (κ3) is 5.28. The van der Waals surface area contributed by atoms with Crippen molar-refractivity contribution in [2.45, 2.75) is 38.0 Å². The third-order valence-corrected chi connectivity index (χ3v) is 9.71. The lowest BCUT2D eigenvalue weighted by molar-refractivity contribution is 0.415. The number of fused-ring (bicyclic) bond motifs is 6. The van der Waals surface area contributed by atoms with E-state index in [1.165, 1.54) is 50.0 Å². The first-order valence-electron chi connectivity index (χ1n) is 16.2. The molecule has 0 aliphatic carbocycles. The minimum atomic E-state index is 0.210. The number of rotatable bonds is 9. The van der Waals surface area contributed by atoms with E-state index in [9.17, 15) is 0 Å². The zero-order valence-corrected chi connectivity index (χ0v) is 26.4. The second-order valence-corrected chi connectivity index (χ2v) is 12.4. The molecule has 2 aliphatic rings. The third-order valence-electron chi connectivity index (χ3n) is 9.71. The number of nitrogens with one attached hydrogen (secondary N) is 2. The predicted octanol–water partition coefficient (Wildman–Crippen LogP) is 8.21. The Morgan fingerprint density at radius 2 is 1.15 bits per heavy atom. The maximum absolute atomic E-state index is 5.53. The van der Waals surface area contributed by atoms with Crippen LogP contribution in [0.5, 0.6) is 11.5 Å². The number of aromatic nitrogens is 2. The van der Waals surface area contributed by atoms with Crippen molar-refractivity contribution >= 4 is 33.2 Å². The molecule has 230 valence electrons. The fraction of sp³-hybridized carbons (Fsp3) is 0.250. The highest BCUT2D eigenvalue weighted by molar-refractivity contribution is 6.09. The molecular weight excluding hydrogens is 568 g/mol. The van der Waals surface area contributed by atoms with Gasteiger partial charge in [0.15, 0.2) is 0 Å². The lowest BCUT2D eigenvalue weighted by Crippen LogP contribution is -2.20. The number of aromatic amines is 2. The van der Waals surface area contributed by atoms with E-state index in [0.29, 0.717) is 0 Å². The summed E-state index contributed by atoms with van der Waals surface area (Å²) in [5.74, 6) is 1.93. The molecule has 6 nitrogen and oxygen atoms in total. The van der Waals surface area contributed by atoms with Crippen LogP contribution in [0.2, 0.25) is 0 Å². The molecule has 6 aromatic rings. The number of H-pyrrole nitrogens is 2. The van der Waals surface area contributed by atoms with Crippen LogP contribution in [0.3, 0.4) is 0 Å². The van der Waals surface area contributed by atoms with Gasteiger partial charge in [-0.25, -0.2) is 0 Å². The standard InChI is InChI=1S/C40H38N4O2/c1-45-29-12-14-31-33-16-18-41-37(39(33)43-35(31)23-29)21-28(27-10-8-26(9-11-27)20-25-6-4-3-5-7-25)22-38-40-34(17-19-42-38)32-15-13-30(46-2)24-36(32)44-40/h3-15,23-24,28,43-44H,16-22H2,1-2H3. The summed E-state index contributed by atoms with van der Waals surface area (Å²) in [6, 6.07) is 32.6. The Bertz CT molecular complexity index is 1990. The molecule has 2 aliphatic heterocycles. The molecule has 0 spiro atoms. The van der Waals surface area contributed by atoms with Crippen LogP contribution in [0, 0.1) is 0 Å². The topological polar surface area (TPSA) is 74.8 Å². The lowest BCUT2D eigenvalue weighted by Gasteiger charge is -2.23. The highest BCUT2D eigenvalue weighted by atomic mass is 16.5. The molecule has 8 rings (SSSR count). The number of hydrogen-bond donors (Lipinski definition) is 2. The normalized spacial score (nSPS) is 14.2. The van der Waals surface area contributed by atoms with E-state index in [-0.39, 0.29) is 5.92 Å². The van der Waals surface area contributed by atoms with E-state index in [4.69, 9.17) is 19.5 Å². The molecular formula is C40H38N4O2. The fourth-order valence-electron chi connectivity index (χ4n) is 7.35. The highest BCUT2D eigenvalue weighted by Gasteiger charge is 2.27. The molecule has 46 heavy (non-hydrogen) atoms. The molecule has 0 atom stereocenters. The Morgan fingerprint density at radius 3 is 1.67 bits per heavy atom. The highest BCUT2D eigenvalue weighted by Crippen LogP contribution is 2.36. The van der Waals surface area contributed by atoms with Gasteiger partial charge < -0.3 is 19.4 Å². The van der Waals surface area contributed by atoms with Crippen LogP contribution in [0.4, 0.5) is 0 Å². The first-order chi connectivity index (χ1) is 22.7. The zero-order chi connectivity index (χ0) is 31.0. The van der Waals surface area contributed by atoms with Crippen LogP contribution >= 0.6 is 0 Å². The van der Waals surface area contributed by atoms with Crippen LogP contribution in [-0.2, 0) is 19.3 Å². The van der Waals surface area contributed by atoms with Crippen molar-refractivity contribution in [3.63, 3.8) is 0 Å². The summed E-state index contributed by atoms with van der Waals surface area (Å²) < 4.78 is 11.1. The van der Waals surface area contributed by atoms with Crippen LogP contribution in [0.1, 0.15) is 58.0 Å². The summed E-state index contributed by atoms with van der Waals surface area (Å²) in [5, 5.41) is 2.53. The van der Waals surface area contributed by atoms with Gasteiger partial charge in [-0.2, -0.15) is 0 Å². The predicted molar refractivity (Wildman–Crippen MR) is 188 cm³/mol. The van der Waals surface area contributed by atoms with Gasteiger partial charge in [0, 0.05) is 47.0 Å². The van der Waals surface area contributed by atoms with Crippen LogP contribution in [0.25, 0.3) is 21.8 Å². The monoisotopic (exact) mass is 606 g/mol. The molecule has 4 heterocycles. The quantitative estimate of drug-likeness (QED) is 0.174. The van der Waals surface area contributed by atoms with E-state index in [2.05, 4.69) is 101 Å². The van der Waals surface area contributed by atoms with Gasteiger partial charge in [-0.15, -0.1) is 0 Å². The maximum atomic E-state index is 5.53. The number of benzene rings is 4. The Kier molecular flexibility index (Phi) is 7.41. The van der Waals surface area contributed by atoms with Crippen LogP contribution in [-0.4, -0.2) is 48.7 Å². The SMILES string of the molecule is COc1ccc2c3c([nH]c2c1)C(CC(CC1=NCCc2c1[nH]c1cc(OC)ccc21)c1ccc(Cc2ccccc2)cc1)=NCC3. The summed E-state index contributed by atoms with van der Waals surface area (Å²) in [5.41, 5.74) is 13.5. The van der Waals surface area contributed by atoms with Gasteiger partial charge >= 0.3 is 0 Å². The van der Waals surface area contributed by atoms with E-state index < -0.39 is 0 Å². The van der Waals surface area contributed by atoms with E-state index >= 15 is 0 Å². The minimum absolute atomic E-state index is 0.210. The van der Waals surface area contributed by atoms with Gasteiger partial charge in [-0.3, -0.25) is 9.98 Å². The number of aliphatic imine (C=N–C) groups is 2. The van der Waals surface area contributed by atoms with Gasteiger partial charge in [-0.1, -0.05) is 54.6 Å². The summed E-state index contributed by atoms with van der Waals surface area (Å²) >= 11 is 0. The zero-order valence-electron chi connectivity index (χ0n) is 26.4. The van der Waals surface area contributed by atoms with Crippen LogP contribution < -0.4 is 9.47 Å². The number of ether oxygens (including phenoxy) is 2. The van der Waals surface area contributed by atoms with Crippen molar-refractivity contribution in [3.8, 4) is 11.5 Å². The first kappa shape index (κ1) is 28.4. The first-order valence-corrected chi connectivity index (χ1v) is 16.2. The van der Waals surface area contributed by atoms with Gasteiger partial charge in [0.25, 0.3) is 0 Å². The number of hydrogen-bond acceptors (Lipinski definition) is 4. The van der Waals surface area contributed by atoms with E-state index in [1.807, 2.05) is 0 Å². The van der Waals surface area contributed by atoms with E-state index in [1.54, 1.807) is 14.2 Å². The Morgan fingerprint density at radius 1 is 0.630 bits per heavy atom. The molecule has 0 saturated carbocycles. The van der Waals surface area contributed by atoms with Crippen molar-refractivity contribution in [2.24, 2.45) is 9.98 Å². The lowest BCUT2D eigenvalue weighted by atomic mass is 9.84. The molecule has 6 heteroatoms. The molecule has 4 aromatic carbocycles. The van der Waals surface area contributed by atoms with Crippen molar-refractivity contribution in [2.75, 3.05) is 27.3 Å². The molecule has 0 bridgehead atoms. The molecule has 0 fully saturated rings. The Labute approximate surface area is 269 Å². The van der Waals surface area contributed by atoms with Crippen LogP contribution in [0.15, 0.2) is 101 Å². The van der Waals surface area contributed by atoms with Gasteiger partial charge in [0.05, 0.1) is 37.0 Å². The molecule has 0 saturated heterocycles. The Hall–Kier alpha value is -5.10. The average molecular weight is 607 g/mol. The molecule has 2 N–H and O–H groups in total. The largest absolute Gasteiger partial charge is 0.497 e. The maximum Gasteiger partial charge on any atom is 0.120 e. The summed E-state index contributed by atoms with van der Waals surface area (Å²) in [6.45, 7) is 1.61. The van der Waals surface area contributed by atoms with Gasteiger partial charge in [-0.05, 0) is 90.1 Å². The number of methoxy groups -OCH3 is 2. The second kappa shape index (κ2) is 12.0. The second-order valence-electron chi connectivity index (χ2n) is 12.4. The van der Waals surface area contributed by atoms with Gasteiger partial charge in [0.1, 0.15) is 11.5 Å². The minimum Gasteiger partial charge on any atom is -0.497 e. The fourth-order valence-corrected chi connectivity index (χ4v) is 7.35. The summed E-state index contributed by atoms with van der Waals surface area (Å²) in [4.78, 5) is 17.7. The van der Waals surface area contributed by atoms with Crippen molar-refractivity contribution in [1.29, 1.82) is 0 Å². The smallest absolute Gasteiger partial charge is 0.120 e. The summed E-state index contributed by atoms with van der Waals surface area (Å²) in [7, 11) is 3.44. The molecule has 2 aromatic heterocycles. The van der Waals surface area contributed by atoms with Crippen molar-refractivity contribution in [1.82, 2.24) is 9.97 Å². The van der Waals surface area contributed by atoms with Crippen molar-refractivity contribution < 1.29 is 9.47 Å². The van der Waals surface area contributed by atoms with Crippen molar-refractivity contribution in [3.05, 3.63) is 130 Å². The van der Waals surface area contributed by atoms with E-state index in [0.717, 1.165) is 79.1 Å². The summed E-state index contributed by atoms with van der Waals surface area (Å²) in [6.07, 6.45) is 4.47. The van der Waals surface area contributed by atoms with Gasteiger partial charge in [0.2, 0.25) is 0 Å². The number of nitrogens with zero attached hydrogens (tertiary/aromatic N) is 2.